The number of nitrogens with zero attached hydrogens (tertiary/aromatic N) is 1. The molecule has 0 aliphatic rings. The molecule has 15 heavy (non-hydrogen) atoms. The molecular weight excluding hydrogens is 256 g/mol. The van der Waals surface area contributed by atoms with Crippen LogP contribution in [0.5, 0.6) is 0 Å². The summed E-state index contributed by atoms with van der Waals surface area (Å²) in [6.07, 6.45) is 1.50. The lowest BCUT2D eigenvalue weighted by atomic mass is 10.1. The van der Waals surface area contributed by atoms with Crippen molar-refractivity contribution in [3.05, 3.63) is 46.6 Å². The minimum absolute atomic E-state index is 0.0564. The van der Waals surface area contributed by atoms with Gasteiger partial charge in [-0.2, -0.15) is 5.84 Å². The van der Waals surface area contributed by atoms with E-state index in [9.17, 15) is 4.79 Å². The smallest absolute Gasteiger partial charge is 0.198 e. The Labute approximate surface area is 97.9 Å². The molecule has 0 aliphatic heterocycles. The average molecular weight is 270 g/mol. The van der Waals surface area contributed by atoms with E-state index in [0.29, 0.717) is 10.2 Å². The molecule has 1 aromatic carbocycles. The van der Waals surface area contributed by atoms with Crippen molar-refractivity contribution in [3.63, 3.8) is 0 Å². The third kappa shape index (κ3) is 3.58. The Morgan fingerprint density at radius 2 is 1.87 bits per heavy atom. The minimum atomic E-state index is -0.0564. The van der Waals surface area contributed by atoms with E-state index in [2.05, 4.69) is 15.9 Å². The minimum Gasteiger partial charge on any atom is -0.289 e. The van der Waals surface area contributed by atoms with Crippen LogP contribution in [-0.4, -0.2) is 24.5 Å². The molecule has 0 aliphatic carbocycles. The fourth-order valence-corrected chi connectivity index (χ4v) is 1.17. The van der Waals surface area contributed by atoms with Gasteiger partial charge in [0.2, 0.25) is 0 Å². The van der Waals surface area contributed by atoms with Gasteiger partial charge in [0.05, 0.1) is 20.2 Å². The molecule has 0 atom stereocenters. The highest BCUT2D eigenvalue weighted by atomic mass is 79.9. The number of hydrogen-bond donors (Lipinski definition) is 1. The van der Waals surface area contributed by atoms with Crippen LogP contribution < -0.4 is 5.84 Å². The number of hydrogen-bond acceptors (Lipinski definition) is 2. The predicted octanol–water partition coefficient (Wildman–Crippen LogP) is 2.06. The molecule has 80 valence electrons. The summed E-state index contributed by atoms with van der Waals surface area (Å²) in [5.74, 6) is 5.72. The van der Waals surface area contributed by atoms with E-state index in [1.807, 2.05) is 18.2 Å². The highest BCUT2D eigenvalue weighted by molar-refractivity contribution is 9.11. The standard InChI is InChI=1S/C11H14BrN2O/c1-14(2,13)11(12)8-10(15)9-6-4-3-5-7-9/h3-8H,13H2,1-2H3/q+1/b11-8+. The highest BCUT2D eigenvalue weighted by Crippen LogP contribution is 2.14. The van der Waals surface area contributed by atoms with Crippen LogP contribution in [-0.2, 0) is 0 Å². The highest BCUT2D eigenvalue weighted by Gasteiger charge is 2.16. The summed E-state index contributed by atoms with van der Waals surface area (Å²) >= 11 is 3.28. The Bertz CT molecular complexity index is 379. The van der Waals surface area contributed by atoms with E-state index in [4.69, 9.17) is 5.84 Å². The summed E-state index contributed by atoms with van der Waals surface area (Å²) in [5, 5.41) is 0. The molecule has 0 fully saturated rings. The van der Waals surface area contributed by atoms with Crippen molar-refractivity contribution in [1.29, 1.82) is 0 Å². The molecule has 0 saturated carbocycles. The van der Waals surface area contributed by atoms with Gasteiger partial charge in [-0.3, -0.25) is 4.79 Å². The molecule has 0 bridgehead atoms. The van der Waals surface area contributed by atoms with Gasteiger partial charge in [-0.1, -0.05) is 30.3 Å². The quantitative estimate of drug-likeness (QED) is 0.228. The lowest BCUT2D eigenvalue weighted by molar-refractivity contribution is -0.855. The van der Waals surface area contributed by atoms with Gasteiger partial charge < -0.3 is 0 Å². The summed E-state index contributed by atoms with van der Waals surface area (Å²) in [7, 11) is 3.55. The van der Waals surface area contributed by atoms with Crippen LogP contribution >= 0.6 is 15.9 Å². The molecule has 1 aromatic rings. The van der Waals surface area contributed by atoms with Gasteiger partial charge in [-0.25, -0.2) is 4.59 Å². The number of carbonyl (C=O) groups excluding carboxylic acids is 1. The van der Waals surface area contributed by atoms with Crippen molar-refractivity contribution in [1.82, 2.24) is 0 Å². The van der Waals surface area contributed by atoms with Crippen LogP contribution in [0.3, 0.4) is 0 Å². The lowest BCUT2D eigenvalue weighted by Gasteiger charge is -2.20. The van der Waals surface area contributed by atoms with Gasteiger partial charge in [0.1, 0.15) is 0 Å². The zero-order chi connectivity index (χ0) is 11.5. The Morgan fingerprint density at radius 1 is 1.33 bits per heavy atom. The maximum atomic E-state index is 11.7. The van der Waals surface area contributed by atoms with Crippen molar-refractivity contribution in [2.45, 2.75) is 0 Å². The molecule has 0 aromatic heterocycles. The first-order valence-electron chi connectivity index (χ1n) is 4.51. The van der Waals surface area contributed by atoms with Gasteiger partial charge in [-0.15, -0.1) is 0 Å². The molecule has 0 amide bonds. The van der Waals surface area contributed by atoms with E-state index < -0.39 is 0 Å². The largest absolute Gasteiger partial charge is 0.289 e. The SMILES string of the molecule is C[N+](C)(N)/C(Br)=C/C(=O)c1ccccc1. The van der Waals surface area contributed by atoms with Crippen LogP contribution in [0, 0.1) is 0 Å². The van der Waals surface area contributed by atoms with Gasteiger partial charge in [0.25, 0.3) is 0 Å². The Balaban J connectivity index is 2.90. The predicted molar refractivity (Wildman–Crippen MR) is 64.1 cm³/mol. The first-order valence-corrected chi connectivity index (χ1v) is 5.30. The van der Waals surface area contributed by atoms with Crippen LogP contribution in [0.25, 0.3) is 0 Å². The number of allylic oxidation sites excluding steroid dienone is 1. The summed E-state index contributed by atoms with van der Waals surface area (Å²) < 4.78 is 0.731. The molecule has 1 rings (SSSR count). The van der Waals surface area contributed by atoms with E-state index >= 15 is 0 Å². The second-order valence-corrected chi connectivity index (χ2v) is 4.55. The number of rotatable bonds is 3. The second kappa shape index (κ2) is 4.70. The van der Waals surface area contributed by atoms with Crippen molar-refractivity contribution < 1.29 is 9.39 Å². The Morgan fingerprint density at radius 3 is 2.33 bits per heavy atom. The molecule has 0 radical (unpaired) electrons. The van der Waals surface area contributed by atoms with Crippen LogP contribution in [0.1, 0.15) is 10.4 Å². The van der Waals surface area contributed by atoms with Gasteiger partial charge in [-0.05, 0) is 0 Å². The number of carbonyl (C=O) groups is 1. The first-order chi connectivity index (χ1) is 6.91. The van der Waals surface area contributed by atoms with Crippen LogP contribution in [0.2, 0.25) is 0 Å². The fourth-order valence-electron chi connectivity index (χ4n) is 0.960. The average Bonchev–Trinajstić information content (AvgIpc) is 2.17. The maximum Gasteiger partial charge on any atom is 0.198 e. The van der Waals surface area contributed by atoms with Crippen LogP contribution in [0.4, 0.5) is 0 Å². The number of halogens is 1. The summed E-state index contributed by atoms with van der Waals surface area (Å²) in [5.41, 5.74) is 0.655. The monoisotopic (exact) mass is 269 g/mol. The van der Waals surface area contributed by atoms with Gasteiger partial charge >= 0.3 is 0 Å². The molecule has 2 N–H and O–H groups in total. The lowest BCUT2D eigenvalue weighted by Crippen LogP contribution is -2.43. The maximum absolute atomic E-state index is 11.7. The second-order valence-electron chi connectivity index (χ2n) is 3.74. The van der Waals surface area contributed by atoms with Crippen molar-refractivity contribution >= 4 is 21.7 Å². The molecule has 0 unspecified atom stereocenters. The van der Waals surface area contributed by atoms with E-state index in [1.54, 1.807) is 26.2 Å². The van der Waals surface area contributed by atoms with Crippen molar-refractivity contribution in [2.75, 3.05) is 14.1 Å². The third-order valence-corrected chi connectivity index (χ3v) is 3.00. The third-order valence-electron chi connectivity index (χ3n) is 1.86. The molecule has 4 heteroatoms. The summed E-state index contributed by atoms with van der Waals surface area (Å²) in [6.45, 7) is 0. The normalized spacial score (nSPS) is 12.7. The van der Waals surface area contributed by atoms with Crippen molar-refractivity contribution in [3.8, 4) is 0 Å². The molecule has 0 spiro atoms. The van der Waals surface area contributed by atoms with Gasteiger partial charge in [0.15, 0.2) is 10.4 Å². The number of nitrogens with two attached hydrogens (primary N) is 1. The zero-order valence-corrected chi connectivity index (χ0v) is 10.4. The molecular formula is C11H14BrN2O+. The van der Waals surface area contributed by atoms with E-state index in [-0.39, 0.29) is 10.4 Å². The number of benzene rings is 1. The molecule has 0 saturated heterocycles. The van der Waals surface area contributed by atoms with E-state index in [1.165, 1.54) is 6.08 Å². The fraction of sp³-hybridized carbons (Fsp3) is 0.182. The van der Waals surface area contributed by atoms with Crippen LogP contribution in [0.15, 0.2) is 41.0 Å². The zero-order valence-electron chi connectivity index (χ0n) is 8.77. The number of quaternary nitrogens is 1. The number of ketones is 1. The Hall–Kier alpha value is -0.970. The topological polar surface area (TPSA) is 43.1 Å². The summed E-state index contributed by atoms with van der Waals surface area (Å²) in [6, 6.07) is 9.08. The molecule has 0 heterocycles. The van der Waals surface area contributed by atoms with Crippen molar-refractivity contribution in [2.24, 2.45) is 5.84 Å². The molecule has 3 nitrogen and oxygen atoms in total. The Kier molecular flexibility index (Phi) is 3.79. The van der Waals surface area contributed by atoms with E-state index in [0.717, 1.165) is 0 Å². The van der Waals surface area contributed by atoms with Gasteiger partial charge in [0, 0.05) is 21.5 Å². The first kappa shape index (κ1) is 12.1. The summed E-state index contributed by atoms with van der Waals surface area (Å²) in [4.78, 5) is 11.7.